The number of nitrogens with one attached hydrogen (secondary N) is 1. The van der Waals surface area contributed by atoms with Gasteiger partial charge in [0.2, 0.25) is 5.91 Å². The molecule has 188 valence electrons. The van der Waals surface area contributed by atoms with E-state index in [0.29, 0.717) is 33.1 Å². The molecule has 0 spiro atoms. The second-order valence-corrected chi connectivity index (χ2v) is 9.24. The zero-order valence-electron chi connectivity index (χ0n) is 20.8. The Morgan fingerprint density at radius 1 is 0.973 bits per heavy atom. The van der Waals surface area contributed by atoms with Gasteiger partial charge in [0.15, 0.2) is 5.78 Å². The Morgan fingerprint density at radius 3 is 2.32 bits per heavy atom. The molecule has 4 aromatic rings. The molecule has 0 bridgehead atoms. The molecule has 37 heavy (non-hydrogen) atoms. The molecule has 0 aliphatic carbocycles. The van der Waals surface area contributed by atoms with E-state index in [9.17, 15) is 14.4 Å². The Morgan fingerprint density at radius 2 is 1.68 bits per heavy atom. The van der Waals surface area contributed by atoms with Crippen LogP contribution >= 0.6 is 11.6 Å². The number of pyridine rings is 1. The number of anilines is 1. The van der Waals surface area contributed by atoms with Crippen molar-refractivity contribution in [1.29, 1.82) is 0 Å². The van der Waals surface area contributed by atoms with Crippen molar-refractivity contribution in [2.24, 2.45) is 0 Å². The van der Waals surface area contributed by atoms with Crippen molar-refractivity contribution in [3.05, 3.63) is 117 Å². The van der Waals surface area contributed by atoms with Gasteiger partial charge in [0, 0.05) is 34.3 Å². The summed E-state index contributed by atoms with van der Waals surface area (Å²) in [5.74, 6) is -0.167. The van der Waals surface area contributed by atoms with Crippen molar-refractivity contribution in [2.75, 3.05) is 12.4 Å². The molecule has 0 aliphatic heterocycles. The molecule has 1 heterocycles. The molecule has 3 aromatic carbocycles. The summed E-state index contributed by atoms with van der Waals surface area (Å²) in [6, 6.07) is 22.4. The number of hydrogen-bond acceptors (Lipinski definition) is 4. The van der Waals surface area contributed by atoms with Gasteiger partial charge in [0.25, 0.3) is 5.56 Å². The largest absolute Gasteiger partial charge is 0.495 e. The van der Waals surface area contributed by atoms with E-state index < -0.39 is 11.6 Å². The molecule has 1 unspecified atom stereocenters. The molecular weight excluding hydrogens is 488 g/mol. The first-order valence-corrected chi connectivity index (χ1v) is 12.2. The maximum atomic E-state index is 13.5. The quantitative estimate of drug-likeness (QED) is 0.288. The van der Waals surface area contributed by atoms with E-state index in [4.69, 9.17) is 16.3 Å². The van der Waals surface area contributed by atoms with Crippen molar-refractivity contribution in [3.63, 3.8) is 0 Å². The van der Waals surface area contributed by atoms with Gasteiger partial charge in [-0.1, -0.05) is 59.6 Å². The first-order chi connectivity index (χ1) is 17.8. The summed E-state index contributed by atoms with van der Waals surface area (Å²) in [6.45, 7) is 3.42. The van der Waals surface area contributed by atoms with Gasteiger partial charge in [-0.15, -0.1) is 0 Å². The van der Waals surface area contributed by atoms with E-state index in [0.717, 1.165) is 11.1 Å². The second-order valence-electron chi connectivity index (χ2n) is 8.81. The third-order valence-electron chi connectivity index (χ3n) is 6.14. The molecule has 0 radical (unpaired) electrons. The Kier molecular flexibility index (Phi) is 7.89. The maximum absolute atomic E-state index is 13.5. The molecule has 0 saturated carbocycles. The highest BCUT2D eigenvalue weighted by molar-refractivity contribution is 6.31. The predicted octanol–water partition coefficient (Wildman–Crippen LogP) is 6.11. The number of aromatic nitrogens is 1. The fourth-order valence-corrected chi connectivity index (χ4v) is 4.38. The molecule has 7 heteroatoms. The van der Waals surface area contributed by atoms with Gasteiger partial charge in [-0.2, -0.15) is 0 Å². The van der Waals surface area contributed by atoms with Gasteiger partial charge in [-0.25, -0.2) is 0 Å². The summed E-state index contributed by atoms with van der Waals surface area (Å²) >= 11 is 6.22. The number of rotatable bonds is 8. The highest BCUT2D eigenvalue weighted by Crippen LogP contribution is 2.34. The Balaban J connectivity index is 1.81. The van der Waals surface area contributed by atoms with Crippen LogP contribution in [0, 0.1) is 6.92 Å². The van der Waals surface area contributed by atoms with Crippen LogP contribution in [0.3, 0.4) is 0 Å². The van der Waals surface area contributed by atoms with Gasteiger partial charge in [-0.3, -0.25) is 19.0 Å². The third kappa shape index (κ3) is 5.98. The molecule has 1 atom stereocenters. The van der Waals surface area contributed by atoms with Crippen LogP contribution in [0.15, 0.2) is 89.9 Å². The van der Waals surface area contributed by atoms with E-state index in [1.807, 2.05) is 61.5 Å². The number of carbonyl (C=O) groups is 2. The zero-order valence-corrected chi connectivity index (χ0v) is 21.6. The first-order valence-electron chi connectivity index (χ1n) is 11.8. The highest BCUT2D eigenvalue weighted by Gasteiger charge is 2.25. The van der Waals surface area contributed by atoms with Gasteiger partial charge in [0.1, 0.15) is 11.8 Å². The average Bonchev–Trinajstić information content (AvgIpc) is 2.89. The number of hydrogen-bond donors (Lipinski definition) is 1. The lowest BCUT2D eigenvalue weighted by molar-refractivity contribution is -0.119. The lowest BCUT2D eigenvalue weighted by Crippen LogP contribution is -2.34. The molecule has 0 fully saturated rings. The van der Waals surface area contributed by atoms with Gasteiger partial charge >= 0.3 is 0 Å². The predicted molar refractivity (Wildman–Crippen MR) is 147 cm³/mol. The van der Waals surface area contributed by atoms with E-state index in [1.165, 1.54) is 30.9 Å². The Hall–Kier alpha value is -4.16. The smallest absolute Gasteiger partial charge is 0.252 e. The molecule has 0 aliphatic rings. The number of methoxy groups -OCH3 is 1. The van der Waals surface area contributed by atoms with Crippen LogP contribution in [0.5, 0.6) is 5.75 Å². The van der Waals surface area contributed by atoms with E-state index in [-0.39, 0.29) is 18.1 Å². The molecule has 1 N–H and O–H groups in total. The second kappa shape index (κ2) is 11.3. The molecule has 1 aromatic heterocycles. The number of ketones is 1. The number of aryl methyl sites for hydroxylation is 1. The molecule has 1 amide bonds. The maximum Gasteiger partial charge on any atom is 0.252 e. The zero-order chi connectivity index (χ0) is 26.5. The van der Waals surface area contributed by atoms with Crippen molar-refractivity contribution in [1.82, 2.24) is 4.57 Å². The van der Waals surface area contributed by atoms with E-state index in [1.54, 1.807) is 18.2 Å². The fraction of sp³-hybridized carbons (Fsp3) is 0.167. The van der Waals surface area contributed by atoms with Crippen molar-refractivity contribution >= 4 is 29.0 Å². The number of ether oxygens (including phenoxy) is 1. The van der Waals surface area contributed by atoms with Crippen molar-refractivity contribution in [3.8, 4) is 16.9 Å². The Bertz CT molecular complexity index is 1490. The summed E-state index contributed by atoms with van der Waals surface area (Å²) < 4.78 is 7.01. The topological polar surface area (TPSA) is 77.4 Å². The first kappa shape index (κ1) is 25.9. The normalized spacial score (nSPS) is 11.6. The van der Waals surface area contributed by atoms with E-state index >= 15 is 0 Å². The van der Waals surface area contributed by atoms with Crippen molar-refractivity contribution in [2.45, 2.75) is 26.3 Å². The van der Waals surface area contributed by atoms with Crippen molar-refractivity contribution < 1.29 is 14.3 Å². The van der Waals surface area contributed by atoms with Gasteiger partial charge < -0.3 is 10.1 Å². The number of Topliss-reactive ketones (excluding diaryl/α,β-unsaturated/α-hetero) is 1. The monoisotopic (exact) mass is 514 g/mol. The van der Waals surface area contributed by atoms with Crippen LogP contribution in [-0.4, -0.2) is 23.4 Å². The molecule has 6 nitrogen and oxygen atoms in total. The minimum atomic E-state index is -0.856. The molecule has 4 rings (SSSR count). The number of benzene rings is 3. The van der Waals surface area contributed by atoms with Crippen LogP contribution in [0.1, 0.15) is 34.5 Å². The Labute approximate surface area is 220 Å². The van der Waals surface area contributed by atoms with Crippen LogP contribution in [-0.2, 0) is 11.2 Å². The minimum absolute atomic E-state index is 0.169. The van der Waals surface area contributed by atoms with Crippen LogP contribution in [0.25, 0.3) is 11.1 Å². The average molecular weight is 515 g/mol. The standard InChI is InChI=1S/C30H27ClN2O4/c1-19-9-12-23(13-10-19)32-30(36)27(15-21-7-5-4-6-8-21)33-18-28(37-3)26(17-29(33)35)25-16-22(31)11-14-24(25)20(2)34/h4-14,16-18,27H,15H2,1-3H3,(H,32,36). The van der Waals surface area contributed by atoms with Gasteiger partial charge in [-0.05, 0) is 55.3 Å². The fourth-order valence-electron chi connectivity index (χ4n) is 4.21. The summed E-state index contributed by atoms with van der Waals surface area (Å²) in [6.07, 6.45) is 1.81. The summed E-state index contributed by atoms with van der Waals surface area (Å²) in [4.78, 5) is 39.3. The molecular formula is C30H27ClN2O4. The lowest BCUT2D eigenvalue weighted by Gasteiger charge is -2.22. The number of halogens is 1. The molecule has 0 saturated heterocycles. The van der Waals surface area contributed by atoms with Crippen LogP contribution in [0.4, 0.5) is 5.69 Å². The van der Waals surface area contributed by atoms with Crippen LogP contribution in [0.2, 0.25) is 5.02 Å². The van der Waals surface area contributed by atoms with E-state index in [2.05, 4.69) is 5.32 Å². The number of amides is 1. The SMILES string of the molecule is COc1cn(C(Cc2ccccc2)C(=O)Nc2ccc(C)cc2)c(=O)cc1-c1cc(Cl)ccc1C(C)=O. The summed E-state index contributed by atoms with van der Waals surface area (Å²) in [7, 11) is 1.48. The number of carbonyl (C=O) groups excluding carboxylic acids is 2. The third-order valence-corrected chi connectivity index (χ3v) is 6.38. The minimum Gasteiger partial charge on any atom is -0.495 e. The summed E-state index contributed by atoms with van der Waals surface area (Å²) in [5, 5.41) is 3.35. The lowest BCUT2D eigenvalue weighted by atomic mass is 9.97. The highest BCUT2D eigenvalue weighted by atomic mass is 35.5. The summed E-state index contributed by atoms with van der Waals surface area (Å²) in [5.41, 5.74) is 3.52. The van der Waals surface area contributed by atoms with Gasteiger partial charge in [0.05, 0.1) is 13.3 Å². The van der Waals surface area contributed by atoms with Crippen LogP contribution < -0.4 is 15.6 Å². The number of nitrogens with zero attached hydrogens (tertiary/aromatic N) is 1.